The van der Waals surface area contributed by atoms with E-state index in [1.165, 1.54) is 37.2 Å². The number of aromatic nitrogens is 1. The lowest BCUT2D eigenvalue weighted by molar-refractivity contribution is 0.0659. The molecule has 0 amide bonds. The van der Waals surface area contributed by atoms with E-state index in [-0.39, 0.29) is 0 Å². The first-order valence-corrected chi connectivity index (χ1v) is 6.59. The summed E-state index contributed by atoms with van der Waals surface area (Å²) in [5, 5.41) is 12.8. The first-order valence-electron chi connectivity index (χ1n) is 5.82. The summed E-state index contributed by atoms with van der Waals surface area (Å²) in [5.74, 6) is 0.303. The predicted octanol–water partition coefficient (Wildman–Crippen LogP) is 1.97. The second-order valence-electron chi connectivity index (χ2n) is 4.09. The third-order valence-corrected chi connectivity index (χ3v) is 3.69. The van der Waals surface area contributed by atoms with E-state index in [4.69, 9.17) is 15.7 Å². The average Bonchev–Trinajstić information content (AvgIpc) is 2.94. The maximum absolute atomic E-state index is 8.88. The fraction of sp³-hybridized carbons (Fsp3) is 0.636. The molecule has 0 aliphatic heterocycles. The number of nitrogen functional groups attached to an aromatic ring is 1. The van der Waals surface area contributed by atoms with Crippen LogP contribution in [0.2, 0.25) is 0 Å². The van der Waals surface area contributed by atoms with E-state index in [2.05, 4.69) is 9.69 Å². The van der Waals surface area contributed by atoms with Crippen molar-refractivity contribution in [2.45, 2.75) is 31.8 Å². The van der Waals surface area contributed by atoms with E-state index < -0.39 is 0 Å². The van der Waals surface area contributed by atoms with Crippen LogP contribution < -0.4 is 11.1 Å². The molecule has 0 unspecified atom stereocenters. The molecule has 3 N–H and O–H groups in total. The maximum Gasteiger partial charge on any atom is 0.157 e. The molecular weight excluding hydrogens is 236 g/mol. The van der Waals surface area contributed by atoms with Crippen molar-refractivity contribution in [3.05, 3.63) is 5.56 Å². The highest BCUT2D eigenvalue weighted by Gasteiger charge is 2.15. The van der Waals surface area contributed by atoms with Gasteiger partial charge in [-0.2, -0.15) is 9.64 Å². The number of ether oxygens (including phenoxy) is 1. The number of rotatable bonds is 5. The van der Waals surface area contributed by atoms with Crippen LogP contribution in [0.15, 0.2) is 0 Å². The number of anilines is 2. The molecule has 17 heavy (non-hydrogen) atoms. The molecule has 92 valence electrons. The molecule has 1 aliphatic carbocycles. The molecule has 2 rings (SSSR count). The molecule has 1 aromatic rings. The van der Waals surface area contributed by atoms with Gasteiger partial charge in [-0.15, -0.1) is 0 Å². The van der Waals surface area contributed by atoms with Crippen molar-refractivity contribution < 1.29 is 4.74 Å². The SMILES string of the molecule is N#Cc1c(N)nsc1NCCOC1CCCC1. The van der Waals surface area contributed by atoms with Gasteiger partial charge in [-0.25, -0.2) is 0 Å². The Morgan fingerprint density at radius 3 is 3.00 bits per heavy atom. The van der Waals surface area contributed by atoms with E-state index in [9.17, 15) is 0 Å². The van der Waals surface area contributed by atoms with Gasteiger partial charge in [-0.05, 0) is 24.4 Å². The van der Waals surface area contributed by atoms with Crippen LogP contribution in [0, 0.1) is 11.3 Å². The van der Waals surface area contributed by atoms with E-state index in [0.29, 0.717) is 30.6 Å². The van der Waals surface area contributed by atoms with Crippen LogP contribution in [0.5, 0.6) is 0 Å². The molecule has 0 saturated heterocycles. The van der Waals surface area contributed by atoms with Gasteiger partial charge in [0.1, 0.15) is 16.6 Å². The van der Waals surface area contributed by atoms with Crippen LogP contribution in [0.1, 0.15) is 31.2 Å². The van der Waals surface area contributed by atoms with Crippen LogP contribution in [0.4, 0.5) is 10.8 Å². The van der Waals surface area contributed by atoms with Gasteiger partial charge in [0.2, 0.25) is 0 Å². The first-order chi connectivity index (χ1) is 8.31. The number of nitrogens with zero attached hydrogens (tertiary/aromatic N) is 2. The normalized spacial score (nSPS) is 15.9. The molecule has 0 radical (unpaired) electrons. The molecule has 6 heteroatoms. The predicted molar refractivity (Wildman–Crippen MR) is 67.9 cm³/mol. The minimum absolute atomic E-state index is 0.303. The lowest BCUT2D eigenvalue weighted by Crippen LogP contribution is -2.15. The first kappa shape index (κ1) is 12.1. The Hall–Kier alpha value is -1.32. The summed E-state index contributed by atoms with van der Waals surface area (Å²) >= 11 is 1.22. The van der Waals surface area contributed by atoms with Crippen molar-refractivity contribution in [2.24, 2.45) is 0 Å². The lowest BCUT2D eigenvalue weighted by Gasteiger charge is -2.11. The highest BCUT2D eigenvalue weighted by Crippen LogP contribution is 2.25. The molecule has 1 fully saturated rings. The maximum atomic E-state index is 8.88. The third kappa shape index (κ3) is 3.08. The summed E-state index contributed by atoms with van der Waals surface area (Å²) in [6.45, 7) is 1.35. The smallest absolute Gasteiger partial charge is 0.157 e. The highest BCUT2D eigenvalue weighted by molar-refractivity contribution is 7.10. The van der Waals surface area contributed by atoms with Crippen molar-refractivity contribution in [3.8, 4) is 6.07 Å². The van der Waals surface area contributed by atoms with Crippen molar-refractivity contribution in [2.75, 3.05) is 24.2 Å². The third-order valence-electron chi connectivity index (χ3n) is 2.87. The molecule has 5 nitrogen and oxygen atoms in total. The summed E-state index contributed by atoms with van der Waals surface area (Å²) in [6, 6.07) is 2.05. The summed E-state index contributed by atoms with van der Waals surface area (Å²) in [5.41, 5.74) is 6.00. The Labute approximate surface area is 105 Å². The summed E-state index contributed by atoms with van der Waals surface area (Å²) in [4.78, 5) is 0. The van der Waals surface area contributed by atoms with Crippen LogP contribution in [-0.2, 0) is 4.74 Å². The minimum Gasteiger partial charge on any atom is -0.382 e. The second kappa shape index (κ2) is 5.84. The minimum atomic E-state index is 0.303. The van der Waals surface area contributed by atoms with E-state index in [1.807, 2.05) is 6.07 Å². The van der Waals surface area contributed by atoms with Crippen LogP contribution in [-0.4, -0.2) is 23.6 Å². The van der Waals surface area contributed by atoms with Gasteiger partial charge in [0.05, 0.1) is 12.7 Å². The van der Waals surface area contributed by atoms with Crippen LogP contribution in [0.3, 0.4) is 0 Å². The monoisotopic (exact) mass is 252 g/mol. The topological polar surface area (TPSA) is 84.0 Å². The Bertz CT molecular complexity index is 406. The fourth-order valence-electron chi connectivity index (χ4n) is 1.98. The van der Waals surface area contributed by atoms with Crippen molar-refractivity contribution in [1.82, 2.24) is 4.37 Å². The molecule has 0 aromatic carbocycles. The largest absolute Gasteiger partial charge is 0.382 e. The van der Waals surface area contributed by atoms with Gasteiger partial charge in [0.25, 0.3) is 0 Å². The highest BCUT2D eigenvalue weighted by atomic mass is 32.1. The number of nitriles is 1. The molecule has 1 aliphatic rings. The lowest BCUT2D eigenvalue weighted by atomic mass is 10.3. The van der Waals surface area contributed by atoms with E-state index in [1.54, 1.807) is 0 Å². The van der Waals surface area contributed by atoms with Crippen LogP contribution in [0.25, 0.3) is 0 Å². The number of hydrogen-bond donors (Lipinski definition) is 2. The molecule has 0 spiro atoms. The summed E-state index contributed by atoms with van der Waals surface area (Å²) < 4.78 is 9.65. The quantitative estimate of drug-likeness (QED) is 0.783. The Kier molecular flexibility index (Phi) is 4.18. The van der Waals surface area contributed by atoms with Gasteiger partial charge < -0.3 is 15.8 Å². The van der Waals surface area contributed by atoms with Crippen LogP contribution >= 0.6 is 11.5 Å². The molecule has 0 atom stereocenters. The standard InChI is InChI=1S/C11H16N4OS/c12-7-9-10(13)15-17-11(9)14-5-6-16-8-3-1-2-4-8/h8,14H,1-6H2,(H2,13,15). The molecular formula is C11H16N4OS. The Morgan fingerprint density at radius 1 is 1.53 bits per heavy atom. The van der Waals surface area contributed by atoms with Gasteiger partial charge >= 0.3 is 0 Å². The van der Waals surface area contributed by atoms with Gasteiger partial charge in [-0.1, -0.05) is 12.8 Å². The van der Waals surface area contributed by atoms with Gasteiger partial charge in [0.15, 0.2) is 5.82 Å². The Balaban J connectivity index is 1.72. The molecule has 0 bridgehead atoms. The average molecular weight is 252 g/mol. The van der Waals surface area contributed by atoms with Crippen molar-refractivity contribution >= 4 is 22.4 Å². The zero-order chi connectivity index (χ0) is 12.1. The number of hydrogen-bond acceptors (Lipinski definition) is 6. The summed E-state index contributed by atoms with van der Waals surface area (Å²) in [7, 11) is 0. The fourth-order valence-corrected chi connectivity index (χ4v) is 2.67. The van der Waals surface area contributed by atoms with Crippen molar-refractivity contribution in [1.29, 1.82) is 5.26 Å². The summed E-state index contributed by atoms with van der Waals surface area (Å²) in [6.07, 6.45) is 5.34. The van der Waals surface area contributed by atoms with E-state index in [0.717, 1.165) is 5.00 Å². The zero-order valence-corrected chi connectivity index (χ0v) is 10.4. The number of nitrogens with two attached hydrogens (primary N) is 1. The van der Waals surface area contributed by atoms with Crippen molar-refractivity contribution in [3.63, 3.8) is 0 Å². The molecule has 1 aromatic heterocycles. The van der Waals surface area contributed by atoms with E-state index >= 15 is 0 Å². The molecule has 1 heterocycles. The zero-order valence-electron chi connectivity index (χ0n) is 9.61. The Morgan fingerprint density at radius 2 is 2.29 bits per heavy atom. The number of nitrogens with one attached hydrogen (secondary N) is 1. The van der Waals surface area contributed by atoms with Gasteiger partial charge in [-0.3, -0.25) is 0 Å². The second-order valence-corrected chi connectivity index (χ2v) is 4.86. The van der Waals surface area contributed by atoms with Gasteiger partial charge in [0, 0.05) is 6.54 Å². The molecule has 1 saturated carbocycles.